The average Bonchev–Trinajstić information content (AvgIpc) is 3.29. The lowest BCUT2D eigenvalue weighted by molar-refractivity contribution is -0.143. The van der Waals surface area contributed by atoms with Crippen molar-refractivity contribution in [3.63, 3.8) is 0 Å². The number of nitrogens with two attached hydrogens (primary N) is 2. The van der Waals surface area contributed by atoms with Crippen molar-refractivity contribution in [2.45, 2.75) is 75.5 Å². The minimum absolute atomic E-state index is 0.0899. The summed E-state index contributed by atoms with van der Waals surface area (Å²) in [6.45, 7) is 0.971. The number of primary amides is 1. The van der Waals surface area contributed by atoms with Crippen molar-refractivity contribution in [3.05, 3.63) is 0 Å². The lowest BCUT2D eigenvalue weighted by atomic mass is 10.1. The smallest absolute Gasteiger partial charge is 0.326 e. The maximum atomic E-state index is 12.8. The van der Waals surface area contributed by atoms with E-state index in [1.165, 1.54) is 0 Å². The van der Waals surface area contributed by atoms with E-state index in [9.17, 15) is 33.9 Å². The predicted molar refractivity (Wildman–Crippen MR) is 118 cm³/mol. The Bertz CT molecular complexity index is 755. The van der Waals surface area contributed by atoms with Crippen LogP contribution in [-0.4, -0.2) is 83.0 Å². The Morgan fingerprint density at radius 2 is 1.56 bits per heavy atom. The summed E-state index contributed by atoms with van der Waals surface area (Å²) in [7, 11) is 0. The number of carbonyl (C=O) groups is 6. The van der Waals surface area contributed by atoms with Gasteiger partial charge in [0.05, 0.1) is 12.5 Å². The van der Waals surface area contributed by atoms with Crippen molar-refractivity contribution in [1.29, 1.82) is 0 Å². The highest BCUT2D eigenvalue weighted by Crippen LogP contribution is 2.08. The van der Waals surface area contributed by atoms with Gasteiger partial charge in [0.25, 0.3) is 0 Å². The lowest BCUT2D eigenvalue weighted by Gasteiger charge is -2.24. The Morgan fingerprint density at radius 1 is 0.912 bits per heavy atom. The predicted octanol–water partition coefficient (Wildman–Crippen LogP) is -2.85. The molecule has 0 bridgehead atoms. The van der Waals surface area contributed by atoms with Gasteiger partial charge in [0, 0.05) is 6.42 Å². The molecule has 34 heavy (non-hydrogen) atoms. The van der Waals surface area contributed by atoms with Gasteiger partial charge in [-0.25, -0.2) is 4.79 Å². The normalized spacial score (nSPS) is 17.7. The largest absolute Gasteiger partial charge is 0.481 e. The molecule has 14 nitrogen and oxygen atoms in total. The van der Waals surface area contributed by atoms with E-state index in [-0.39, 0.29) is 12.8 Å². The molecule has 1 saturated heterocycles. The first kappa shape index (κ1) is 28.8. The molecule has 14 heteroatoms. The van der Waals surface area contributed by atoms with E-state index in [4.69, 9.17) is 16.6 Å². The van der Waals surface area contributed by atoms with Gasteiger partial charge >= 0.3 is 11.9 Å². The van der Waals surface area contributed by atoms with Gasteiger partial charge in [0.1, 0.15) is 18.1 Å². The molecule has 4 amide bonds. The molecule has 1 heterocycles. The average molecular weight is 487 g/mol. The molecule has 10 N–H and O–H groups in total. The minimum atomic E-state index is -1.42. The summed E-state index contributed by atoms with van der Waals surface area (Å²) in [5.41, 5.74) is 10.6. The fourth-order valence-electron chi connectivity index (χ4n) is 3.42. The summed E-state index contributed by atoms with van der Waals surface area (Å²) < 4.78 is 0. The topological polar surface area (TPSA) is 243 Å². The Balaban J connectivity index is 2.92. The van der Waals surface area contributed by atoms with Gasteiger partial charge in [-0.15, -0.1) is 0 Å². The molecule has 192 valence electrons. The molecule has 0 aromatic heterocycles. The summed E-state index contributed by atoms with van der Waals surface area (Å²) in [5, 5.41) is 28.3. The second-order valence-electron chi connectivity index (χ2n) is 8.06. The van der Waals surface area contributed by atoms with Crippen LogP contribution in [-0.2, 0) is 28.8 Å². The minimum Gasteiger partial charge on any atom is -0.481 e. The van der Waals surface area contributed by atoms with Gasteiger partial charge < -0.3 is 42.9 Å². The number of amides is 4. The maximum absolute atomic E-state index is 12.8. The van der Waals surface area contributed by atoms with Crippen molar-refractivity contribution in [3.8, 4) is 0 Å². The summed E-state index contributed by atoms with van der Waals surface area (Å²) >= 11 is 0. The molecular weight excluding hydrogens is 452 g/mol. The van der Waals surface area contributed by atoms with Crippen LogP contribution in [0.5, 0.6) is 0 Å². The van der Waals surface area contributed by atoms with Crippen LogP contribution in [0.15, 0.2) is 0 Å². The number of hydrogen-bond acceptors (Lipinski definition) is 8. The molecular formula is C20H34N6O8. The van der Waals surface area contributed by atoms with E-state index in [1.807, 2.05) is 0 Å². The SMILES string of the molecule is NCCCCC(NC(=O)C(CCC(=O)O)NC(=O)C(CC(N)=O)NC(=O)C1CCCN1)C(=O)O. The van der Waals surface area contributed by atoms with E-state index in [0.29, 0.717) is 32.4 Å². The first-order valence-corrected chi connectivity index (χ1v) is 11.1. The Kier molecular flexibility index (Phi) is 12.5. The molecule has 1 rings (SSSR count). The zero-order chi connectivity index (χ0) is 25.7. The zero-order valence-corrected chi connectivity index (χ0v) is 18.9. The zero-order valence-electron chi connectivity index (χ0n) is 18.9. The monoisotopic (exact) mass is 486 g/mol. The van der Waals surface area contributed by atoms with E-state index >= 15 is 0 Å². The van der Waals surface area contributed by atoms with Gasteiger partial charge in [-0.05, 0) is 51.6 Å². The van der Waals surface area contributed by atoms with Gasteiger partial charge in [-0.2, -0.15) is 0 Å². The second-order valence-corrected chi connectivity index (χ2v) is 8.06. The van der Waals surface area contributed by atoms with Crippen molar-refractivity contribution >= 4 is 35.6 Å². The standard InChI is InChI=1S/C20H34N6O8/c21-8-2-1-4-13(20(33)34)25-18(31)12(6-7-16(28)29)24-19(32)14(10-15(22)27)26-17(30)11-5-3-9-23-11/h11-14,23H,1-10,21H2,(H2,22,27)(H,24,32)(H,25,31)(H,26,30)(H,28,29)(H,33,34). The molecule has 1 aliphatic heterocycles. The number of nitrogens with one attached hydrogen (secondary N) is 4. The molecule has 1 fully saturated rings. The molecule has 4 unspecified atom stereocenters. The molecule has 0 spiro atoms. The van der Waals surface area contributed by atoms with Crippen LogP contribution >= 0.6 is 0 Å². The molecule has 0 aromatic carbocycles. The summed E-state index contributed by atoms with van der Waals surface area (Å²) in [6, 6.07) is -4.62. The van der Waals surface area contributed by atoms with Gasteiger partial charge in [0.15, 0.2) is 0 Å². The molecule has 0 saturated carbocycles. The molecule has 4 atom stereocenters. The Hall–Kier alpha value is -3.26. The number of carboxylic acids is 2. The van der Waals surface area contributed by atoms with Crippen LogP contribution < -0.4 is 32.7 Å². The summed E-state index contributed by atoms with van der Waals surface area (Å²) in [5.74, 6) is -5.76. The van der Waals surface area contributed by atoms with Crippen molar-refractivity contribution in [2.75, 3.05) is 13.1 Å². The number of unbranched alkanes of at least 4 members (excludes halogenated alkanes) is 1. The van der Waals surface area contributed by atoms with Crippen LogP contribution in [0.3, 0.4) is 0 Å². The fraction of sp³-hybridized carbons (Fsp3) is 0.700. The highest BCUT2D eigenvalue weighted by Gasteiger charge is 2.32. The summed E-state index contributed by atoms with van der Waals surface area (Å²) in [4.78, 5) is 71.9. The highest BCUT2D eigenvalue weighted by molar-refractivity contribution is 5.96. The van der Waals surface area contributed by atoms with E-state index < -0.39 is 72.6 Å². The van der Waals surface area contributed by atoms with E-state index in [2.05, 4.69) is 21.3 Å². The number of rotatable bonds is 16. The van der Waals surface area contributed by atoms with Crippen LogP contribution in [0.2, 0.25) is 0 Å². The maximum Gasteiger partial charge on any atom is 0.326 e. The highest BCUT2D eigenvalue weighted by atomic mass is 16.4. The number of aliphatic carboxylic acids is 2. The Morgan fingerprint density at radius 3 is 2.09 bits per heavy atom. The first-order valence-electron chi connectivity index (χ1n) is 11.1. The first-order chi connectivity index (χ1) is 16.0. The number of carbonyl (C=O) groups excluding carboxylic acids is 4. The van der Waals surface area contributed by atoms with Crippen molar-refractivity contribution < 1.29 is 39.0 Å². The Labute approximate surface area is 196 Å². The number of carboxylic acid groups (broad SMARTS) is 2. The molecule has 1 aliphatic rings. The summed E-state index contributed by atoms with van der Waals surface area (Å²) in [6.07, 6.45) is 0.983. The second kappa shape index (κ2) is 14.8. The van der Waals surface area contributed by atoms with E-state index in [1.54, 1.807) is 0 Å². The molecule has 0 radical (unpaired) electrons. The number of hydrogen-bond donors (Lipinski definition) is 8. The third-order valence-electron chi connectivity index (χ3n) is 5.26. The van der Waals surface area contributed by atoms with Crippen LogP contribution in [0.25, 0.3) is 0 Å². The fourth-order valence-corrected chi connectivity index (χ4v) is 3.42. The van der Waals surface area contributed by atoms with Crippen molar-refractivity contribution in [2.24, 2.45) is 11.5 Å². The molecule has 0 aliphatic carbocycles. The third-order valence-corrected chi connectivity index (χ3v) is 5.26. The quantitative estimate of drug-likeness (QED) is 0.104. The van der Waals surface area contributed by atoms with Gasteiger partial charge in [-0.3, -0.25) is 24.0 Å². The van der Waals surface area contributed by atoms with E-state index in [0.717, 1.165) is 6.42 Å². The van der Waals surface area contributed by atoms with Gasteiger partial charge in [-0.1, -0.05) is 0 Å². The van der Waals surface area contributed by atoms with Crippen LogP contribution in [0, 0.1) is 0 Å². The lowest BCUT2D eigenvalue weighted by Crippen LogP contribution is -2.57. The van der Waals surface area contributed by atoms with Crippen molar-refractivity contribution in [1.82, 2.24) is 21.3 Å². The third kappa shape index (κ3) is 10.6. The van der Waals surface area contributed by atoms with Gasteiger partial charge in [0.2, 0.25) is 23.6 Å². The molecule has 0 aromatic rings. The van der Waals surface area contributed by atoms with Crippen LogP contribution in [0.1, 0.15) is 51.4 Å². The van der Waals surface area contributed by atoms with Crippen LogP contribution in [0.4, 0.5) is 0 Å².